The Labute approximate surface area is 128 Å². The third-order valence-corrected chi connectivity index (χ3v) is 3.63. The fourth-order valence-corrected chi connectivity index (χ4v) is 2.49. The van der Waals surface area contributed by atoms with Crippen LogP contribution in [0.3, 0.4) is 0 Å². The number of hydrogen-bond acceptors (Lipinski definition) is 6. The van der Waals surface area contributed by atoms with Crippen LogP contribution in [-0.2, 0) is 11.8 Å². The summed E-state index contributed by atoms with van der Waals surface area (Å²) in [6, 6.07) is 0. The number of rotatable bonds is 3. The average Bonchev–Trinajstić information content (AvgIpc) is 3.00. The standard InChI is InChI=1S/C14H18N6O2/c1-15-12-11(16-3-4-17-12)10-9-20(7-8-22-10)14(21)13-18-5-6-19(13)2/h3-6,10H,7-9H2,1-2H3,(H,15,17)/t10-/m1/s1. The Hall–Kier alpha value is -2.48. The Balaban J connectivity index is 1.80. The van der Waals surface area contributed by atoms with Gasteiger partial charge in [-0.15, -0.1) is 0 Å². The van der Waals surface area contributed by atoms with E-state index in [0.29, 0.717) is 37.0 Å². The van der Waals surface area contributed by atoms with Crippen molar-refractivity contribution in [2.75, 3.05) is 32.1 Å². The molecule has 1 aliphatic heterocycles. The Bertz CT molecular complexity index is 671. The molecule has 8 heteroatoms. The summed E-state index contributed by atoms with van der Waals surface area (Å²) in [5.41, 5.74) is 0.711. The van der Waals surface area contributed by atoms with E-state index < -0.39 is 0 Å². The second kappa shape index (κ2) is 6.10. The second-order valence-corrected chi connectivity index (χ2v) is 5.01. The molecule has 3 heterocycles. The first kappa shape index (κ1) is 14.5. The number of aryl methyl sites for hydroxylation is 1. The second-order valence-electron chi connectivity index (χ2n) is 5.01. The van der Waals surface area contributed by atoms with Crippen LogP contribution in [0.2, 0.25) is 0 Å². The molecule has 0 unspecified atom stereocenters. The molecule has 1 amide bonds. The van der Waals surface area contributed by atoms with Crippen LogP contribution in [0, 0.1) is 0 Å². The highest BCUT2D eigenvalue weighted by Crippen LogP contribution is 2.25. The lowest BCUT2D eigenvalue weighted by Crippen LogP contribution is -2.43. The Kier molecular flexibility index (Phi) is 4.01. The molecule has 1 fully saturated rings. The molecule has 1 saturated heterocycles. The molecule has 22 heavy (non-hydrogen) atoms. The summed E-state index contributed by atoms with van der Waals surface area (Å²) >= 11 is 0. The molecule has 1 aliphatic rings. The van der Waals surface area contributed by atoms with Crippen molar-refractivity contribution in [3.8, 4) is 0 Å². The number of ether oxygens (including phenoxy) is 1. The number of aromatic nitrogens is 4. The third-order valence-electron chi connectivity index (χ3n) is 3.63. The van der Waals surface area contributed by atoms with Gasteiger partial charge in [0.1, 0.15) is 17.6 Å². The monoisotopic (exact) mass is 302 g/mol. The third kappa shape index (κ3) is 2.64. The zero-order valence-electron chi connectivity index (χ0n) is 12.6. The minimum atomic E-state index is -0.297. The zero-order valence-corrected chi connectivity index (χ0v) is 12.6. The Morgan fingerprint density at radius 1 is 1.32 bits per heavy atom. The summed E-state index contributed by atoms with van der Waals surface area (Å²) < 4.78 is 7.49. The fraction of sp³-hybridized carbons (Fsp3) is 0.429. The first-order valence-corrected chi connectivity index (χ1v) is 7.07. The van der Waals surface area contributed by atoms with E-state index >= 15 is 0 Å². The van der Waals surface area contributed by atoms with E-state index in [4.69, 9.17) is 4.74 Å². The maximum atomic E-state index is 12.5. The van der Waals surface area contributed by atoms with Crippen molar-refractivity contribution in [2.45, 2.75) is 6.10 Å². The smallest absolute Gasteiger partial charge is 0.290 e. The normalized spacial score (nSPS) is 18.3. The maximum Gasteiger partial charge on any atom is 0.290 e. The topological polar surface area (TPSA) is 85.2 Å². The number of morpholine rings is 1. The van der Waals surface area contributed by atoms with E-state index in [1.165, 1.54) is 0 Å². The summed E-state index contributed by atoms with van der Waals surface area (Å²) in [6.45, 7) is 1.43. The van der Waals surface area contributed by atoms with Crippen molar-refractivity contribution in [3.05, 3.63) is 36.3 Å². The first-order valence-electron chi connectivity index (χ1n) is 7.07. The van der Waals surface area contributed by atoms with Crippen molar-refractivity contribution >= 4 is 11.7 Å². The number of nitrogens with one attached hydrogen (secondary N) is 1. The van der Waals surface area contributed by atoms with Crippen LogP contribution in [0.25, 0.3) is 0 Å². The van der Waals surface area contributed by atoms with Gasteiger partial charge < -0.3 is 19.5 Å². The molecule has 0 radical (unpaired) electrons. The van der Waals surface area contributed by atoms with Crippen molar-refractivity contribution in [2.24, 2.45) is 7.05 Å². The fourth-order valence-electron chi connectivity index (χ4n) is 2.49. The van der Waals surface area contributed by atoms with Crippen molar-refractivity contribution in [3.63, 3.8) is 0 Å². The van der Waals surface area contributed by atoms with Gasteiger partial charge in [0.05, 0.1) is 13.2 Å². The van der Waals surface area contributed by atoms with Crippen LogP contribution in [0.1, 0.15) is 22.4 Å². The highest BCUT2D eigenvalue weighted by molar-refractivity contribution is 5.90. The molecule has 0 spiro atoms. The molecule has 116 valence electrons. The molecular weight excluding hydrogens is 284 g/mol. The van der Waals surface area contributed by atoms with Gasteiger partial charge in [-0.05, 0) is 0 Å². The number of nitrogens with zero attached hydrogens (tertiary/aromatic N) is 5. The van der Waals surface area contributed by atoms with Crippen molar-refractivity contribution in [1.82, 2.24) is 24.4 Å². The highest BCUT2D eigenvalue weighted by Gasteiger charge is 2.30. The molecule has 3 rings (SSSR count). The van der Waals surface area contributed by atoms with Gasteiger partial charge in [-0.2, -0.15) is 0 Å². The summed E-state index contributed by atoms with van der Waals surface area (Å²) in [4.78, 5) is 27.0. The molecule has 0 aromatic carbocycles. The van der Waals surface area contributed by atoms with Gasteiger partial charge in [0, 0.05) is 45.4 Å². The molecule has 0 saturated carbocycles. The largest absolute Gasteiger partial charge is 0.372 e. The number of carbonyl (C=O) groups excluding carboxylic acids is 1. The number of carbonyl (C=O) groups is 1. The van der Waals surface area contributed by atoms with Gasteiger partial charge in [-0.1, -0.05) is 0 Å². The van der Waals surface area contributed by atoms with Gasteiger partial charge in [0.15, 0.2) is 5.82 Å². The minimum Gasteiger partial charge on any atom is -0.372 e. The minimum absolute atomic E-state index is 0.101. The van der Waals surface area contributed by atoms with Gasteiger partial charge in [0.25, 0.3) is 5.91 Å². The maximum absolute atomic E-state index is 12.5. The van der Waals surface area contributed by atoms with Crippen LogP contribution < -0.4 is 5.32 Å². The first-order chi connectivity index (χ1) is 10.7. The molecular formula is C14H18N6O2. The lowest BCUT2D eigenvalue weighted by Gasteiger charge is -2.32. The van der Waals surface area contributed by atoms with Crippen LogP contribution in [-0.4, -0.2) is 57.1 Å². The SMILES string of the molecule is CNc1nccnc1[C@H]1CN(C(=O)c2nccn2C)CCO1. The van der Waals surface area contributed by atoms with Crippen LogP contribution in [0.15, 0.2) is 24.8 Å². The summed E-state index contributed by atoms with van der Waals surface area (Å²) in [5, 5.41) is 3.00. The summed E-state index contributed by atoms with van der Waals surface area (Å²) in [6.07, 6.45) is 6.32. The number of anilines is 1. The van der Waals surface area contributed by atoms with Crippen LogP contribution in [0.4, 0.5) is 5.82 Å². The Morgan fingerprint density at radius 2 is 2.14 bits per heavy atom. The van der Waals surface area contributed by atoms with Crippen LogP contribution >= 0.6 is 0 Å². The molecule has 0 bridgehead atoms. The van der Waals surface area contributed by atoms with Gasteiger partial charge in [0.2, 0.25) is 0 Å². The van der Waals surface area contributed by atoms with Gasteiger partial charge in [-0.3, -0.25) is 9.78 Å². The number of amides is 1. The van der Waals surface area contributed by atoms with Crippen molar-refractivity contribution in [1.29, 1.82) is 0 Å². The molecule has 8 nitrogen and oxygen atoms in total. The quantitative estimate of drug-likeness (QED) is 0.887. The summed E-state index contributed by atoms with van der Waals surface area (Å²) in [7, 11) is 3.59. The Morgan fingerprint density at radius 3 is 2.86 bits per heavy atom. The van der Waals surface area contributed by atoms with Gasteiger partial charge >= 0.3 is 0 Å². The molecule has 2 aromatic heterocycles. The lowest BCUT2D eigenvalue weighted by atomic mass is 10.2. The zero-order chi connectivity index (χ0) is 15.5. The molecule has 2 aromatic rings. The van der Waals surface area contributed by atoms with E-state index in [9.17, 15) is 4.79 Å². The number of imidazole rings is 1. The van der Waals surface area contributed by atoms with E-state index in [0.717, 1.165) is 0 Å². The molecule has 1 N–H and O–H groups in total. The highest BCUT2D eigenvalue weighted by atomic mass is 16.5. The van der Waals surface area contributed by atoms with Crippen LogP contribution in [0.5, 0.6) is 0 Å². The van der Waals surface area contributed by atoms with E-state index in [1.54, 1.807) is 48.3 Å². The van der Waals surface area contributed by atoms with E-state index in [-0.39, 0.29) is 12.0 Å². The predicted molar refractivity (Wildman–Crippen MR) is 79.4 cm³/mol. The molecule has 1 atom stereocenters. The van der Waals surface area contributed by atoms with E-state index in [1.807, 2.05) is 0 Å². The van der Waals surface area contributed by atoms with Crippen molar-refractivity contribution < 1.29 is 9.53 Å². The summed E-state index contributed by atoms with van der Waals surface area (Å²) in [5.74, 6) is 0.989. The predicted octanol–water partition coefficient (Wildman–Crippen LogP) is 0.465. The lowest BCUT2D eigenvalue weighted by molar-refractivity contribution is -0.0250. The van der Waals surface area contributed by atoms with E-state index in [2.05, 4.69) is 20.3 Å². The van der Waals surface area contributed by atoms with Gasteiger partial charge in [-0.25, -0.2) is 9.97 Å². The molecule has 0 aliphatic carbocycles. The number of hydrogen-bond donors (Lipinski definition) is 1. The average molecular weight is 302 g/mol.